The summed E-state index contributed by atoms with van der Waals surface area (Å²) in [7, 11) is 1.47. The highest BCUT2D eigenvalue weighted by atomic mass is 16.5. The fourth-order valence-electron chi connectivity index (χ4n) is 3.03. The van der Waals surface area contributed by atoms with Crippen LogP contribution in [0.1, 0.15) is 24.5 Å². The molecule has 0 bridgehead atoms. The highest BCUT2D eigenvalue weighted by Crippen LogP contribution is 2.28. The number of phenolic OH excluding ortho intramolecular Hbond substituents is 1. The number of methoxy groups -OCH3 is 1. The lowest BCUT2D eigenvalue weighted by atomic mass is 9.92. The summed E-state index contributed by atoms with van der Waals surface area (Å²) in [4.78, 5) is 35.8. The number of urea groups is 1. The number of nitrogens with one attached hydrogen (secondary N) is 3. The Bertz CT molecular complexity index is 943. The van der Waals surface area contributed by atoms with Crippen molar-refractivity contribution in [1.82, 2.24) is 10.6 Å². The predicted molar refractivity (Wildman–Crippen MR) is 102 cm³/mol. The fraction of sp³-hybridized carbons (Fsp3) is 0.250. The van der Waals surface area contributed by atoms with E-state index in [0.717, 1.165) is 5.56 Å². The molecule has 0 aromatic heterocycles. The Balaban J connectivity index is 1.64. The molecule has 1 heterocycles. The lowest BCUT2D eigenvalue weighted by molar-refractivity contribution is -0.123. The molecule has 28 heavy (non-hydrogen) atoms. The Labute approximate surface area is 161 Å². The van der Waals surface area contributed by atoms with E-state index in [1.807, 2.05) is 0 Å². The number of aromatic hydroxyl groups is 1. The van der Waals surface area contributed by atoms with Crippen LogP contribution in [0.2, 0.25) is 0 Å². The highest BCUT2D eigenvalue weighted by Gasteiger charge is 2.43. The van der Waals surface area contributed by atoms with Crippen molar-refractivity contribution in [3.05, 3.63) is 53.6 Å². The number of hydrogen-bond donors (Lipinski definition) is 4. The van der Waals surface area contributed by atoms with E-state index in [0.29, 0.717) is 23.4 Å². The summed E-state index contributed by atoms with van der Waals surface area (Å²) in [5, 5.41) is 17.4. The molecule has 2 aromatic rings. The predicted octanol–water partition coefficient (Wildman–Crippen LogP) is 2.03. The molecule has 146 valence electrons. The van der Waals surface area contributed by atoms with Crippen LogP contribution >= 0.6 is 0 Å². The molecule has 0 spiro atoms. The first-order valence-corrected chi connectivity index (χ1v) is 8.71. The van der Waals surface area contributed by atoms with Crippen LogP contribution in [0, 0.1) is 0 Å². The Morgan fingerprint density at radius 3 is 2.64 bits per heavy atom. The minimum Gasteiger partial charge on any atom is -0.504 e. The van der Waals surface area contributed by atoms with E-state index in [-0.39, 0.29) is 18.1 Å². The monoisotopic (exact) mass is 383 g/mol. The average Bonchev–Trinajstić information content (AvgIpc) is 2.93. The summed E-state index contributed by atoms with van der Waals surface area (Å²) < 4.78 is 5.00. The third-order valence-corrected chi connectivity index (χ3v) is 4.65. The summed E-state index contributed by atoms with van der Waals surface area (Å²) in [5.41, 5.74) is 0.711. The van der Waals surface area contributed by atoms with Gasteiger partial charge in [-0.1, -0.05) is 18.2 Å². The van der Waals surface area contributed by atoms with Crippen LogP contribution in [0.25, 0.3) is 0 Å². The van der Waals surface area contributed by atoms with E-state index < -0.39 is 17.5 Å². The van der Waals surface area contributed by atoms with Gasteiger partial charge in [0.1, 0.15) is 5.54 Å². The fourth-order valence-corrected chi connectivity index (χ4v) is 3.03. The van der Waals surface area contributed by atoms with Crippen LogP contribution in [-0.4, -0.2) is 30.1 Å². The van der Waals surface area contributed by atoms with Gasteiger partial charge < -0.3 is 20.5 Å². The molecule has 4 amide bonds. The second-order valence-corrected chi connectivity index (χ2v) is 6.67. The largest absolute Gasteiger partial charge is 0.504 e. The van der Waals surface area contributed by atoms with Crippen molar-refractivity contribution >= 4 is 23.5 Å². The van der Waals surface area contributed by atoms with Gasteiger partial charge >= 0.3 is 6.03 Å². The van der Waals surface area contributed by atoms with Crippen molar-refractivity contribution in [2.75, 3.05) is 12.4 Å². The van der Waals surface area contributed by atoms with Crippen LogP contribution in [0.3, 0.4) is 0 Å². The molecule has 3 rings (SSSR count). The highest BCUT2D eigenvalue weighted by molar-refractivity contribution is 6.07. The maximum absolute atomic E-state index is 12.3. The van der Waals surface area contributed by atoms with Crippen molar-refractivity contribution in [3.8, 4) is 11.5 Å². The zero-order valence-electron chi connectivity index (χ0n) is 15.5. The molecule has 1 fully saturated rings. The van der Waals surface area contributed by atoms with Gasteiger partial charge in [0.05, 0.1) is 7.11 Å². The Morgan fingerprint density at radius 2 is 2.00 bits per heavy atom. The van der Waals surface area contributed by atoms with Crippen LogP contribution in [0.15, 0.2) is 42.5 Å². The number of imide groups is 1. The third kappa shape index (κ3) is 3.90. The topological polar surface area (TPSA) is 117 Å². The number of anilines is 1. The summed E-state index contributed by atoms with van der Waals surface area (Å²) in [6.07, 6.45) is 0.656. The molecule has 8 heteroatoms. The zero-order valence-corrected chi connectivity index (χ0v) is 15.5. The maximum atomic E-state index is 12.3. The van der Waals surface area contributed by atoms with Crippen molar-refractivity contribution in [1.29, 1.82) is 0 Å². The zero-order chi connectivity index (χ0) is 20.3. The Kier molecular flexibility index (Phi) is 5.21. The summed E-state index contributed by atoms with van der Waals surface area (Å²) in [5.74, 6) is -0.252. The van der Waals surface area contributed by atoms with Gasteiger partial charge in [0.25, 0.3) is 5.91 Å². The van der Waals surface area contributed by atoms with E-state index >= 15 is 0 Å². The molecule has 1 aliphatic heterocycles. The van der Waals surface area contributed by atoms with Crippen molar-refractivity contribution in [2.45, 2.75) is 25.3 Å². The molecule has 0 saturated carbocycles. The number of carbonyl (C=O) groups is 3. The molecule has 4 N–H and O–H groups in total. The van der Waals surface area contributed by atoms with Crippen LogP contribution in [-0.2, 0) is 21.5 Å². The maximum Gasteiger partial charge on any atom is 0.322 e. The summed E-state index contributed by atoms with van der Waals surface area (Å²) in [6.45, 7) is 1.60. The van der Waals surface area contributed by atoms with Gasteiger partial charge in [0.2, 0.25) is 5.91 Å². The van der Waals surface area contributed by atoms with Crippen LogP contribution in [0.5, 0.6) is 11.5 Å². The SMILES string of the molecule is COc1ccc(CCC(=O)Nc2cccc(C3(C)NC(=O)NC3=O)c2)cc1O. The molecule has 8 nitrogen and oxygen atoms in total. The number of aryl methyl sites for hydroxylation is 1. The standard InChI is InChI=1S/C20H21N3O5/c1-20(18(26)22-19(27)23-20)13-4-3-5-14(11-13)21-17(25)9-7-12-6-8-16(28-2)15(24)10-12/h3-6,8,10-11,24H,7,9H2,1-2H3,(H,21,25)(H2,22,23,26,27). The van der Waals surface area contributed by atoms with Crippen molar-refractivity contribution in [2.24, 2.45) is 0 Å². The lowest BCUT2D eigenvalue weighted by Gasteiger charge is -2.21. The molecule has 2 aromatic carbocycles. The molecule has 1 saturated heterocycles. The van der Waals surface area contributed by atoms with Gasteiger partial charge in [-0.15, -0.1) is 0 Å². The summed E-state index contributed by atoms with van der Waals surface area (Å²) >= 11 is 0. The molecular weight excluding hydrogens is 362 g/mol. The quantitative estimate of drug-likeness (QED) is 0.570. The number of benzene rings is 2. The average molecular weight is 383 g/mol. The summed E-state index contributed by atoms with van der Waals surface area (Å²) in [6, 6.07) is 11.2. The minimum absolute atomic E-state index is 0.0261. The van der Waals surface area contributed by atoms with Gasteiger partial charge in [-0.25, -0.2) is 4.79 Å². The number of rotatable bonds is 6. The Hall–Kier alpha value is -3.55. The minimum atomic E-state index is -1.18. The lowest BCUT2D eigenvalue weighted by Crippen LogP contribution is -2.40. The van der Waals surface area contributed by atoms with Crippen molar-refractivity contribution in [3.63, 3.8) is 0 Å². The van der Waals surface area contributed by atoms with E-state index in [1.165, 1.54) is 7.11 Å². The number of ether oxygens (including phenoxy) is 1. The van der Waals surface area contributed by atoms with Gasteiger partial charge in [0.15, 0.2) is 11.5 Å². The number of hydrogen-bond acceptors (Lipinski definition) is 5. The van der Waals surface area contributed by atoms with Gasteiger partial charge in [-0.2, -0.15) is 0 Å². The first kappa shape index (κ1) is 19.2. The van der Waals surface area contributed by atoms with Gasteiger partial charge in [-0.3, -0.25) is 14.9 Å². The van der Waals surface area contributed by atoms with Crippen LogP contribution in [0.4, 0.5) is 10.5 Å². The first-order valence-electron chi connectivity index (χ1n) is 8.71. The molecule has 0 aliphatic carbocycles. The van der Waals surface area contributed by atoms with Gasteiger partial charge in [-0.05, 0) is 48.7 Å². The molecule has 1 atom stereocenters. The molecule has 1 aliphatic rings. The molecule has 0 radical (unpaired) electrons. The molecular formula is C20H21N3O5. The smallest absolute Gasteiger partial charge is 0.322 e. The van der Waals surface area contributed by atoms with Crippen molar-refractivity contribution < 1.29 is 24.2 Å². The van der Waals surface area contributed by atoms with Gasteiger partial charge in [0, 0.05) is 12.1 Å². The van der Waals surface area contributed by atoms with Crippen LogP contribution < -0.4 is 20.7 Å². The second-order valence-electron chi connectivity index (χ2n) is 6.67. The number of carbonyl (C=O) groups excluding carboxylic acids is 3. The third-order valence-electron chi connectivity index (χ3n) is 4.65. The first-order chi connectivity index (χ1) is 13.3. The molecule has 1 unspecified atom stereocenters. The number of amides is 4. The normalized spacial score (nSPS) is 18.4. The van der Waals surface area contributed by atoms with E-state index in [4.69, 9.17) is 4.74 Å². The number of phenols is 1. The van der Waals surface area contributed by atoms with E-state index in [9.17, 15) is 19.5 Å². The van der Waals surface area contributed by atoms with E-state index in [2.05, 4.69) is 16.0 Å². The Morgan fingerprint density at radius 1 is 1.21 bits per heavy atom. The second kappa shape index (κ2) is 7.59. The van der Waals surface area contributed by atoms with E-state index in [1.54, 1.807) is 49.4 Å².